The van der Waals surface area contributed by atoms with Crippen LogP contribution in [0.4, 0.5) is 0 Å². The molecular formula is C27H34O6Si. The molecule has 0 fully saturated rings. The first kappa shape index (κ1) is 26.8. The first-order valence-corrected chi connectivity index (χ1v) is 13.8. The number of allylic oxidation sites excluding steroid dienone is 3. The molecule has 2 N–H and O–H groups in total. The Morgan fingerprint density at radius 2 is 1.44 bits per heavy atom. The number of rotatable bonds is 9. The molecule has 0 saturated carbocycles. The van der Waals surface area contributed by atoms with Gasteiger partial charge < -0.3 is 24.1 Å². The fraction of sp³-hybridized carbons (Fsp3) is 0.296. The highest BCUT2D eigenvalue weighted by molar-refractivity contribution is 6.74. The highest BCUT2D eigenvalue weighted by Gasteiger charge is 2.39. The van der Waals surface area contributed by atoms with Crippen molar-refractivity contribution >= 4 is 26.3 Å². The van der Waals surface area contributed by atoms with Crippen LogP contribution in [-0.2, 0) is 4.79 Å². The van der Waals surface area contributed by atoms with Crippen molar-refractivity contribution < 1.29 is 28.9 Å². The molecule has 0 heterocycles. The first-order valence-electron chi connectivity index (χ1n) is 10.9. The minimum Gasteiger partial charge on any atom is -0.541 e. The third-order valence-electron chi connectivity index (χ3n) is 5.74. The first-order chi connectivity index (χ1) is 15.9. The minimum absolute atomic E-state index is 0.0184. The molecule has 2 aromatic rings. The lowest BCUT2D eigenvalue weighted by Crippen LogP contribution is -2.43. The van der Waals surface area contributed by atoms with Crippen LogP contribution in [0, 0.1) is 0 Å². The lowest BCUT2D eigenvalue weighted by molar-refractivity contribution is -0.110. The molecule has 0 aliphatic heterocycles. The third kappa shape index (κ3) is 7.28. The van der Waals surface area contributed by atoms with Crippen molar-refractivity contribution in [1.29, 1.82) is 0 Å². The van der Waals surface area contributed by atoms with Gasteiger partial charge in [0.1, 0.15) is 11.5 Å². The lowest BCUT2D eigenvalue weighted by Gasteiger charge is -2.36. The summed E-state index contributed by atoms with van der Waals surface area (Å²) in [5, 5.41) is 19.8. The maximum atomic E-state index is 12.1. The Kier molecular flexibility index (Phi) is 8.76. The second-order valence-electron chi connectivity index (χ2n) is 9.34. The van der Waals surface area contributed by atoms with E-state index in [4.69, 9.17) is 13.9 Å². The van der Waals surface area contributed by atoms with Gasteiger partial charge >= 0.3 is 0 Å². The Labute approximate surface area is 202 Å². The Morgan fingerprint density at radius 1 is 0.882 bits per heavy atom. The van der Waals surface area contributed by atoms with Gasteiger partial charge in [-0.2, -0.15) is 0 Å². The van der Waals surface area contributed by atoms with Crippen molar-refractivity contribution in [3.8, 4) is 23.0 Å². The highest BCUT2D eigenvalue weighted by Crippen LogP contribution is 2.40. The molecule has 182 valence electrons. The average molecular weight is 483 g/mol. The summed E-state index contributed by atoms with van der Waals surface area (Å²) in [6.45, 7) is 10.9. The molecule has 0 aliphatic rings. The molecule has 0 aromatic heterocycles. The standard InChI is InChI=1S/C27H34O6Si/c1-27(2,3)34(6,7)33-24-15-11-20(17-26(24)32-5)9-13-22(29)18-21(28)12-8-19-10-14-23(30)25(16-19)31-4/h8-18,29-30H,1-7H3/b12-8+,13-9+,22-18?. The summed E-state index contributed by atoms with van der Waals surface area (Å²) in [7, 11) is 1.02. The summed E-state index contributed by atoms with van der Waals surface area (Å²) in [5.74, 6) is 1.07. The van der Waals surface area contributed by atoms with E-state index in [0.717, 1.165) is 11.6 Å². The normalized spacial score (nSPS) is 12.9. The van der Waals surface area contributed by atoms with Crippen molar-refractivity contribution in [2.24, 2.45) is 0 Å². The van der Waals surface area contributed by atoms with Crippen molar-refractivity contribution in [2.75, 3.05) is 14.2 Å². The molecule has 0 amide bonds. The van der Waals surface area contributed by atoms with Crippen molar-refractivity contribution in [3.05, 3.63) is 71.5 Å². The van der Waals surface area contributed by atoms with E-state index < -0.39 is 8.32 Å². The summed E-state index contributed by atoms with van der Waals surface area (Å²) < 4.78 is 16.9. The zero-order valence-corrected chi connectivity index (χ0v) is 21.9. The minimum atomic E-state index is -2.02. The third-order valence-corrected chi connectivity index (χ3v) is 10.1. The van der Waals surface area contributed by atoms with Crippen LogP contribution in [0.3, 0.4) is 0 Å². The number of aliphatic hydroxyl groups is 1. The largest absolute Gasteiger partial charge is 0.541 e. The molecule has 0 bridgehead atoms. The van der Waals surface area contributed by atoms with E-state index in [1.807, 2.05) is 18.2 Å². The average Bonchev–Trinajstić information content (AvgIpc) is 2.76. The predicted molar refractivity (Wildman–Crippen MR) is 139 cm³/mol. The number of methoxy groups -OCH3 is 2. The van der Waals surface area contributed by atoms with Gasteiger partial charge in [-0.3, -0.25) is 4.79 Å². The molecule has 6 nitrogen and oxygen atoms in total. The van der Waals surface area contributed by atoms with Gasteiger partial charge in [0.2, 0.25) is 0 Å². The molecule has 0 unspecified atom stereocenters. The summed E-state index contributed by atoms with van der Waals surface area (Å²) in [6.07, 6.45) is 7.15. The van der Waals surface area contributed by atoms with Crippen LogP contribution < -0.4 is 13.9 Å². The zero-order valence-electron chi connectivity index (χ0n) is 20.9. The maximum Gasteiger partial charge on any atom is 0.250 e. The molecule has 0 spiro atoms. The molecule has 0 aliphatic carbocycles. The maximum absolute atomic E-state index is 12.1. The van der Waals surface area contributed by atoms with Crippen molar-refractivity contribution in [1.82, 2.24) is 0 Å². The fourth-order valence-corrected chi connectivity index (χ4v) is 3.72. The molecule has 2 rings (SSSR count). The van der Waals surface area contributed by atoms with Crippen molar-refractivity contribution in [3.63, 3.8) is 0 Å². The second kappa shape index (κ2) is 11.1. The molecule has 0 atom stereocenters. The van der Waals surface area contributed by atoms with E-state index in [-0.39, 0.29) is 22.3 Å². The number of hydrogen-bond acceptors (Lipinski definition) is 6. The van der Waals surface area contributed by atoms with Gasteiger partial charge in [0.25, 0.3) is 8.32 Å². The van der Waals surface area contributed by atoms with Crippen LogP contribution in [-0.4, -0.2) is 38.5 Å². The number of aliphatic hydroxyl groups excluding tert-OH is 1. The molecule has 7 heteroatoms. The Hall–Kier alpha value is -3.45. The van der Waals surface area contributed by atoms with Gasteiger partial charge in [0.15, 0.2) is 23.0 Å². The number of carbonyl (C=O) groups excluding carboxylic acids is 1. The quantitative estimate of drug-likeness (QED) is 0.183. The monoisotopic (exact) mass is 482 g/mol. The second-order valence-corrected chi connectivity index (χ2v) is 14.1. The van der Waals surface area contributed by atoms with Gasteiger partial charge in [-0.15, -0.1) is 0 Å². The van der Waals surface area contributed by atoms with E-state index in [0.29, 0.717) is 22.8 Å². The number of benzene rings is 2. The van der Waals surface area contributed by atoms with Crippen LogP contribution in [0.1, 0.15) is 31.9 Å². The number of ketones is 1. The number of carbonyl (C=O) groups is 1. The van der Waals surface area contributed by atoms with E-state index in [1.54, 1.807) is 31.4 Å². The predicted octanol–water partition coefficient (Wildman–Crippen LogP) is 6.53. The molecule has 0 saturated heterocycles. The molecule has 34 heavy (non-hydrogen) atoms. The van der Waals surface area contributed by atoms with Gasteiger partial charge in [-0.05, 0) is 65.7 Å². The van der Waals surface area contributed by atoms with Crippen molar-refractivity contribution in [2.45, 2.75) is 38.9 Å². The number of phenols is 1. The zero-order chi connectivity index (χ0) is 25.5. The van der Waals surface area contributed by atoms with Crippen LogP contribution in [0.25, 0.3) is 12.2 Å². The molecule has 2 aromatic carbocycles. The molecular weight excluding hydrogens is 448 g/mol. The van der Waals surface area contributed by atoms with Gasteiger partial charge in [0, 0.05) is 6.08 Å². The fourth-order valence-electron chi connectivity index (χ4n) is 2.70. The van der Waals surface area contributed by atoms with Crippen LogP contribution >= 0.6 is 0 Å². The smallest absolute Gasteiger partial charge is 0.250 e. The van der Waals surface area contributed by atoms with E-state index in [1.165, 1.54) is 25.3 Å². The van der Waals surface area contributed by atoms with Crippen LogP contribution in [0.15, 0.2) is 60.4 Å². The van der Waals surface area contributed by atoms with Gasteiger partial charge in [-0.25, -0.2) is 0 Å². The number of phenolic OH excluding ortho intramolecular Hbond substituents is 1. The lowest BCUT2D eigenvalue weighted by atomic mass is 10.1. The van der Waals surface area contributed by atoms with Crippen LogP contribution in [0.5, 0.6) is 23.0 Å². The summed E-state index contributed by atoms with van der Waals surface area (Å²) in [4.78, 5) is 12.1. The topological polar surface area (TPSA) is 85.2 Å². The number of aromatic hydroxyl groups is 1. The van der Waals surface area contributed by atoms with Crippen LogP contribution in [0.2, 0.25) is 18.1 Å². The van der Waals surface area contributed by atoms with Gasteiger partial charge in [0.05, 0.1) is 14.2 Å². The highest BCUT2D eigenvalue weighted by atomic mass is 28.4. The van der Waals surface area contributed by atoms with E-state index in [2.05, 4.69) is 33.9 Å². The van der Waals surface area contributed by atoms with Gasteiger partial charge in [-0.1, -0.05) is 45.1 Å². The summed E-state index contributed by atoms with van der Waals surface area (Å²) in [6, 6.07) is 10.3. The Morgan fingerprint density at radius 3 is 2.03 bits per heavy atom. The summed E-state index contributed by atoms with van der Waals surface area (Å²) >= 11 is 0. The van der Waals surface area contributed by atoms with E-state index >= 15 is 0 Å². The Bertz CT molecular complexity index is 1110. The summed E-state index contributed by atoms with van der Waals surface area (Å²) in [5.41, 5.74) is 1.47. The Balaban J connectivity index is 2.11. The molecule has 0 radical (unpaired) electrons. The number of hydrogen-bond donors (Lipinski definition) is 2. The van der Waals surface area contributed by atoms with E-state index in [9.17, 15) is 15.0 Å². The number of ether oxygens (including phenoxy) is 2. The SMILES string of the molecule is COc1cc(/C=C/C(=O)C=C(O)/C=C/c2ccc(O[Si](C)(C)C(C)(C)C)c(OC)c2)ccc1O.